The van der Waals surface area contributed by atoms with Crippen molar-refractivity contribution in [3.8, 4) is 0 Å². The number of aromatic nitrogens is 3. The molecule has 0 radical (unpaired) electrons. The van der Waals surface area contributed by atoms with Crippen molar-refractivity contribution in [2.45, 2.75) is 13.5 Å². The number of aryl methyl sites for hydroxylation is 1. The van der Waals surface area contributed by atoms with Gasteiger partial charge in [-0.15, -0.1) is 11.3 Å². The molecule has 0 aliphatic heterocycles. The Kier molecular flexibility index (Phi) is 2.85. The molecule has 0 aliphatic rings. The first-order valence-electron chi connectivity index (χ1n) is 5.33. The van der Waals surface area contributed by atoms with E-state index in [0.717, 1.165) is 27.3 Å². The van der Waals surface area contributed by atoms with E-state index in [1.54, 1.807) is 17.7 Å². The fraction of sp³-hybridized carbons (Fsp3) is 0.182. The molecule has 5 nitrogen and oxygen atoms in total. The van der Waals surface area contributed by atoms with Gasteiger partial charge >= 0.3 is 4.87 Å². The lowest BCUT2D eigenvalue weighted by atomic mass is 10.3. The van der Waals surface area contributed by atoms with E-state index in [1.165, 1.54) is 11.3 Å². The van der Waals surface area contributed by atoms with Crippen LogP contribution >= 0.6 is 22.7 Å². The molecule has 0 bridgehead atoms. The van der Waals surface area contributed by atoms with Gasteiger partial charge in [0.2, 0.25) is 0 Å². The second-order valence-corrected chi connectivity index (χ2v) is 5.57. The Morgan fingerprint density at radius 2 is 2.22 bits per heavy atom. The molecule has 0 amide bonds. The number of nitrogens with one attached hydrogen (secondary N) is 2. The minimum Gasteiger partial charge on any atom is -0.363 e. The number of thiazole rings is 1. The van der Waals surface area contributed by atoms with E-state index in [9.17, 15) is 4.79 Å². The molecule has 0 saturated carbocycles. The molecule has 0 aromatic carbocycles. The van der Waals surface area contributed by atoms with Crippen LogP contribution in [0.4, 0.5) is 5.82 Å². The monoisotopic (exact) mass is 278 g/mol. The minimum absolute atomic E-state index is 0.0356. The summed E-state index contributed by atoms with van der Waals surface area (Å²) in [5, 5.41) is 7.11. The van der Waals surface area contributed by atoms with Crippen LogP contribution in [0.3, 0.4) is 0 Å². The van der Waals surface area contributed by atoms with Gasteiger partial charge in [-0.1, -0.05) is 11.3 Å². The van der Waals surface area contributed by atoms with Crippen molar-refractivity contribution < 1.29 is 0 Å². The van der Waals surface area contributed by atoms with E-state index in [4.69, 9.17) is 0 Å². The molecule has 0 aliphatic carbocycles. The summed E-state index contributed by atoms with van der Waals surface area (Å²) in [7, 11) is 0. The number of anilines is 1. The van der Waals surface area contributed by atoms with Gasteiger partial charge in [0.05, 0.1) is 16.8 Å². The number of rotatable bonds is 3. The molecule has 7 heteroatoms. The van der Waals surface area contributed by atoms with Crippen molar-refractivity contribution in [2.24, 2.45) is 0 Å². The van der Waals surface area contributed by atoms with Gasteiger partial charge in [-0.2, -0.15) is 0 Å². The molecule has 18 heavy (non-hydrogen) atoms. The number of fused-ring (bicyclic) bond motifs is 1. The van der Waals surface area contributed by atoms with Crippen molar-refractivity contribution in [1.82, 2.24) is 15.0 Å². The Balaban J connectivity index is 1.88. The number of hydrogen-bond acceptors (Lipinski definition) is 6. The maximum absolute atomic E-state index is 11.0. The van der Waals surface area contributed by atoms with E-state index in [-0.39, 0.29) is 4.87 Å². The Labute approximate surface area is 111 Å². The fourth-order valence-corrected chi connectivity index (χ4v) is 3.22. The topological polar surface area (TPSA) is 70.7 Å². The predicted molar refractivity (Wildman–Crippen MR) is 74.4 cm³/mol. The Morgan fingerprint density at radius 1 is 1.33 bits per heavy atom. The zero-order valence-corrected chi connectivity index (χ0v) is 11.2. The van der Waals surface area contributed by atoms with E-state index < -0.39 is 0 Å². The van der Waals surface area contributed by atoms with E-state index >= 15 is 0 Å². The van der Waals surface area contributed by atoms with E-state index in [2.05, 4.69) is 25.6 Å². The van der Waals surface area contributed by atoms with Crippen molar-refractivity contribution in [3.05, 3.63) is 38.0 Å². The quantitative estimate of drug-likeness (QED) is 0.771. The van der Waals surface area contributed by atoms with Crippen molar-refractivity contribution in [1.29, 1.82) is 0 Å². The molecule has 3 rings (SSSR count). The van der Waals surface area contributed by atoms with Gasteiger partial charge in [-0.25, -0.2) is 9.97 Å². The minimum atomic E-state index is -0.0356. The van der Waals surface area contributed by atoms with Gasteiger partial charge < -0.3 is 10.3 Å². The Morgan fingerprint density at radius 3 is 3.00 bits per heavy atom. The lowest BCUT2D eigenvalue weighted by Gasteiger charge is -2.04. The largest absolute Gasteiger partial charge is 0.363 e. The third kappa shape index (κ3) is 2.02. The molecule has 0 atom stereocenters. The van der Waals surface area contributed by atoms with Gasteiger partial charge in [0, 0.05) is 11.1 Å². The van der Waals surface area contributed by atoms with E-state index in [0.29, 0.717) is 6.54 Å². The highest BCUT2D eigenvalue weighted by Gasteiger charge is 2.07. The number of hydrogen-bond donors (Lipinski definition) is 2. The summed E-state index contributed by atoms with van der Waals surface area (Å²) in [6, 6.07) is 0. The molecule has 2 N–H and O–H groups in total. The van der Waals surface area contributed by atoms with Crippen LogP contribution in [0.2, 0.25) is 0 Å². The van der Waals surface area contributed by atoms with Crippen molar-refractivity contribution in [3.63, 3.8) is 0 Å². The molecule has 3 heterocycles. The van der Waals surface area contributed by atoms with Crippen LogP contribution in [0.1, 0.15) is 11.3 Å². The van der Waals surface area contributed by atoms with Crippen LogP contribution in [0.15, 0.2) is 21.9 Å². The maximum Gasteiger partial charge on any atom is 0.304 e. The van der Waals surface area contributed by atoms with Crippen LogP contribution in [0.5, 0.6) is 0 Å². The Bertz CT molecular complexity index is 743. The summed E-state index contributed by atoms with van der Waals surface area (Å²) in [6.07, 6.45) is 1.56. The maximum atomic E-state index is 11.0. The standard InChI is InChI=1S/C11H10N4OS2/c1-6-3-17-9-8(6)13-5-14-10(9)12-2-7-4-18-11(16)15-7/h3-5H,2H2,1H3,(H,15,16)(H,12,13,14). The van der Waals surface area contributed by atoms with Gasteiger partial charge in [0.1, 0.15) is 12.1 Å². The van der Waals surface area contributed by atoms with Crippen LogP contribution in [0, 0.1) is 6.92 Å². The van der Waals surface area contributed by atoms with Crippen molar-refractivity contribution in [2.75, 3.05) is 5.32 Å². The molecule has 0 saturated heterocycles. The number of thiophene rings is 1. The number of H-pyrrole nitrogens is 1. The van der Waals surface area contributed by atoms with E-state index in [1.807, 2.05) is 12.3 Å². The zero-order valence-electron chi connectivity index (χ0n) is 9.56. The van der Waals surface area contributed by atoms with Gasteiger partial charge in [0.15, 0.2) is 0 Å². The van der Waals surface area contributed by atoms with Crippen LogP contribution in [-0.2, 0) is 6.54 Å². The van der Waals surface area contributed by atoms with Gasteiger partial charge in [-0.3, -0.25) is 4.79 Å². The third-order valence-electron chi connectivity index (χ3n) is 2.55. The highest BCUT2D eigenvalue weighted by Crippen LogP contribution is 2.28. The molecule has 0 unspecified atom stereocenters. The molecule has 3 aromatic rings. The van der Waals surface area contributed by atoms with Crippen LogP contribution in [0.25, 0.3) is 10.2 Å². The van der Waals surface area contributed by atoms with Gasteiger partial charge in [-0.05, 0) is 17.9 Å². The van der Waals surface area contributed by atoms with Crippen LogP contribution < -0.4 is 10.2 Å². The second kappa shape index (κ2) is 4.51. The zero-order chi connectivity index (χ0) is 12.5. The highest BCUT2D eigenvalue weighted by molar-refractivity contribution is 7.18. The molecular formula is C11H10N4OS2. The lowest BCUT2D eigenvalue weighted by molar-refractivity contribution is 1.04. The second-order valence-electron chi connectivity index (χ2n) is 3.85. The average Bonchev–Trinajstić information content (AvgIpc) is 2.94. The normalized spacial score (nSPS) is 10.9. The van der Waals surface area contributed by atoms with Crippen molar-refractivity contribution >= 4 is 38.7 Å². The summed E-state index contributed by atoms with van der Waals surface area (Å²) in [6.45, 7) is 2.59. The summed E-state index contributed by atoms with van der Waals surface area (Å²) < 4.78 is 1.05. The summed E-state index contributed by atoms with van der Waals surface area (Å²) in [5.74, 6) is 0.810. The first kappa shape index (κ1) is 11.4. The third-order valence-corrected chi connectivity index (χ3v) is 4.36. The molecular weight excluding hydrogens is 268 g/mol. The molecule has 0 spiro atoms. The highest BCUT2D eigenvalue weighted by atomic mass is 32.1. The Hall–Kier alpha value is -1.73. The number of aromatic amines is 1. The number of nitrogens with zero attached hydrogens (tertiary/aromatic N) is 2. The summed E-state index contributed by atoms with van der Waals surface area (Å²) in [5.41, 5.74) is 3.01. The van der Waals surface area contributed by atoms with Crippen LogP contribution in [-0.4, -0.2) is 15.0 Å². The first-order chi connectivity index (χ1) is 8.74. The average molecular weight is 278 g/mol. The lowest BCUT2D eigenvalue weighted by Crippen LogP contribution is -2.04. The SMILES string of the molecule is Cc1csc2c(NCc3csc(=O)[nH]3)ncnc12. The predicted octanol–water partition coefficient (Wildman–Crippen LogP) is 2.36. The molecule has 0 fully saturated rings. The molecule has 92 valence electrons. The van der Waals surface area contributed by atoms with Gasteiger partial charge in [0.25, 0.3) is 0 Å². The first-order valence-corrected chi connectivity index (χ1v) is 7.09. The smallest absolute Gasteiger partial charge is 0.304 e. The summed E-state index contributed by atoms with van der Waals surface area (Å²) in [4.78, 5) is 22.3. The fourth-order valence-electron chi connectivity index (χ4n) is 1.67. The molecule has 3 aromatic heterocycles. The summed E-state index contributed by atoms with van der Waals surface area (Å²) >= 11 is 2.79.